The predicted octanol–water partition coefficient (Wildman–Crippen LogP) is 9.93. The van der Waals surface area contributed by atoms with Gasteiger partial charge in [-0.05, 0) is 147 Å². The first-order chi connectivity index (χ1) is 33.5. The average molecular weight is 999 g/mol. The number of rotatable bonds is 25. The highest BCUT2D eigenvalue weighted by atomic mass is 35.5. The number of aryl methyl sites for hydroxylation is 1. The van der Waals surface area contributed by atoms with E-state index in [0.29, 0.717) is 11.5 Å². The first kappa shape index (κ1) is 52.6. The number of ether oxygens (including phenoxy) is 1. The fraction of sp³-hybridized carbons (Fsp3) is 0.491. The normalized spacial score (nSPS) is 17.0. The van der Waals surface area contributed by atoms with E-state index in [1.807, 2.05) is 55.1 Å². The number of nitrogens with one attached hydrogen (secondary N) is 1. The SMILES string of the molecule is Cc1cc(S(=O)(=O)NC(=O)c2ccc(N3CCN(CC4=C(c5ccc(Cl)cc5)CCN(CCCCCCCCCC(=O)O)C4)CC3)cc2)ccc1C[C@H](CCN1CCOCC1)CSc1ccccc1. The lowest BCUT2D eigenvalue weighted by molar-refractivity contribution is -0.137. The lowest BCUT2D eigenvalue weighted by Gasteiger charge is -2.39. The van der Waals surface area contributed by atoms with Gasteiger partial charge in [-0.3, -0.25) is 24.3 Å². The molecule has 3 heterocycles. The Kier molecular flexibility index (Phi) is 20.5. The van der Waals surface area contributed by atoms with Crippen molar-refractivity contribution in [2.75, 3.05) is 95.9 Å². The van der Waals surface area contributed by atoms with Crippen molar-refractivity contribution in [3.63, 3.8) is 0 Å². The fourth-order valence-electron chi connectivity index (χ4n) is 9.76. The Morgan fingerprint density at radius 2 is 1.46 bits per heavy atom. The maximum Gasteiger partial charge on any atom is 0.303 e. The molecule has 372 valence electrons. The number of anilines is 1. The van der Waals surface area contributed by atoms with Gasteiger partial charge in [-0.2, -0.15) is 0 Å². The van der Waals surface area contributed by atoms with Crippen molar-refractivity contribution in [2.24, 2.45) is 5.92 Å². The van der Waals surface area contributed by atoms with Gasteiger partial charge in [0.1, 0.15) is 0 Å². The number of benzene rings is 4. The number of halogens is 1. The van der Waals surface area contributed by atoms with Crippen LogP contribution in [0.5, 0.6) is 0 Å². The molecule has 4 aromatic rings. The van der Waals surface area contributed by atoms with Crippen molar-refractivity contribution in [3.05, 3.63) is 130 Å². The molecule has 1 atom stereocenters. The second-order valence-electron chi connectivity index (χ2n) is 19.0. The van der Waals surface area contributed by atoms with Gasteiger partial charge in [-0.25, -0.2) is 13.1 Å². The molecule has 0 aromatic heterocycles. The van der Waals surface area contributed by atoms with Crippen LogP contribution in [0.1, 0.15) is 91.3 Å². The fourth-order valence-corrected chi connectivity index (χ4v) is 12.0. The molecule has 11 nitrogen and oxygen atoms in total. The number of hydrogen-bond donors (Lipinski definition) is 2. The van der Waals surface area contributed by atoms with Gasteiger partial charge in [0.2, 0.25) is 0 Å². The summed E-state index contributed by atoms with van der Waals surface area (Å²) in [5, 5.41) is 9.61. The van der Waals surface area contributed by atoms with Crippen LogP contribution in [0, 0.1) is 12.8 Å². The molecule has 0 bridgehead atoms. The molecule has 0 aliphatic carbocycles. The number of nitrogens with zero attached hydrogens (tertiary/aromatic N) is 4. The van der Waals surface area contributed by atoms with Crippen LogP contribution in [-0.2, 0) is 26.0 Å². The van der Waals surface area contributed by atoms with Crippen molar-refractivity contribution < 1.29 is 27.9 Å². The Morgan fingerprint density at radius 1 is 0.768 bits per heavy atom. The summed E-state index contributed by atoms with van der Waals surface area (Å²) >= 11 is 8.15. The molecule has 0 radical (unpaired) electrons. The number of thioether (sulfide) groups is 1. The van der Waals surface area contributed by atoms with Gasteiger partial charge in [0, 0.05) is 92.2 Å². The molecule has 4 aromatic carbocycles. The summed E-state index contributed by atoms with van der Waals surface area (Å²) in [7, 11) is -4.10. The summed E-state index contributed by atoms with van der Waals surface area (Å²) in [5.74, 6) is 0.0194. The van der Waals surface area contributed by atoms with Crippen LogP contribution in [0.3, 0.4) is 0 Å². The van der Waals surface area contributed by atoms with Gasteiger partial charge in [0.05, 0.1) is 18.1 Å². The van der Waals surface area contributed by atoms with E-state index >= 15 is 0 Å². The zero-order valence-corrected chi connectivity index (χ0v) is 42.9. The lowest BCUT2D eigenvalue weighted by Crippen LogP contribution is -2.48. The molecular weight excluding hydrogens is 926 g/mol. The van der Waals surface area contributed by atoms with Crippen LogP contribution < -0.4 is 9.62 Å². The number of carbonyl (C=O) groups excluding carboxylic acids is 1. The molecular formula is C55H72ClN5O6S2. The van der Waals surface area contributed by atoms with Crippen LogP contribution in [0.25, 0.3) is 5.57 Å². The quantitative estimate of drug-likeness (QED) is 0.0488. The largest absolute Gasteiger partial charge is 0.481 e. The molecule has 2 N–H and O–H groups in total. The number of carboxylic acids is 1. The first-order valence-corrected chi connectivity index (χ1v) is 28.0. The summed E-state index contributed by atoms with van der Waals surface area (Å²) in [5.41, 5.74) is 7.49. The maximum absolute atomic E-state index is 13.6. The number of sulfonamides is 1. The zero-order chi connectivity index (χ0) is 48.4. The van der Waals surface area contributed by atoms with E-state index in [-0.39, 0.29) is 11.3 Å². The zero-order valence-electron chi connectivity index (χ0n) is 40.5. The Morgan fingerprint density at radius 3 is 2.16 bits per heavy atom. The predicted molar refractivity (Wildman–Crippen MR) is 281 cm³/mol. The number of morpholine rings is 1. The highest BCUT2D eigenvalue weighted by molar-refractivity contribution is 7.99. The highest BCUT2D eigenvalue weighted by Crippen LogP contribution is 2.31. The van der Waals surface area contributed by atoms with Gasteiger partial charge in [0.25, 0.3) is 15.9 Å². The molecule has 1 amide bonds. The molecule has 3 aliphatic rings. The van der Waals surface area contributed by atoms with Crippen molar-refractivity contribution >= 4 is 56.5 Å². The van der Waals surface area contributed by atoms with E-state index in [2.05, 4.69) is 60.7 Å². The number of piperazine rings is 1. The van der Waals surface area contributed by atoms with Crippen LogP contribution >= 0.6 is 23.4 Å². The first-order valence-electron chi connectivity index (χ1n) is 25.1. The van der Waals surface area contributed by atoms with E-state index < -0.39 is 21.9 Å². The summed E-state index contributed by atoms with van der Waals surface area (Å²) in [6.07, 6.45) is 10.8. The van der Waals surface area contributed by atoms with Gasteiger partial charge in [-0.15, -0.1) is 11.8 Å². The molecule has 7 rings (SSSR count). The van der Waals surface area contributed by atoms with E-state index in [0.717, 1.165) is 151 Å². The van der Waals surface area contributed by atoms with Crippen molar-refractivity contribution in [1.29, 1.82) is 0 Å². The molecule has 14 heteroatoms. The Bertz CT molecular complexity index is 2390. The smallest absolute Gasteiger partial charge is 0.303 e. The van der Waals surface area contributed by atoms with E-state index in [1.165, 1.54) is 47.3 Å². The van der Waals surface area contributed by atoms with Crippen LogP contribution in [0.2, 0.25) is 5.02 Å². The van der Waals surface area contributed by atoms with Gasteiger partial charge in [0.15, 0.2) is 0 Å². The van der Waals surface area contributed by atoms with Gasteiger partial charge in [-0.1, -0.05) is 80.1 Å². The second kappa shape index (κ2) is 26.8. The molecule has 2 saturated heterocycles. The summed E-state index contributed by atoms with van der Waals surface area (Å²) in [4.78, 5) is 35.5. The molecule has 69 heavy (non-hydrogen) atoms. The number of aliphatic carboxylic acids is 1. The molecule has 3 aliphatic heterocycles. The van der Waals surface area contributed by atoms with Gasteiger partial charge < -0.3 is 14.7 Å². The summed E-state index contributed by atoms with van der Waals surface area (Å²) in [6, 6.07) is 31.2. The molecule has 0 unspecified atom stereocenters. The third-order valence-electron chi connectivity index (χ3n) is 13.9. The summed E-state index contributed by atoms with van der Waals surface area (Å²) < 4.78 is 35.1. The van der Waals surface area contributed by atoms with Crippen molar-refractivity contribution in [1.82, 2.24) is 19.4 Å². The van der Waals surface area contributed by atoms with E-state index in [4.69, 9.17) is 21.4 Å². The number of unbranched alkanes of at least 4 members (excludes halogenated alkanes) is 6. The number of carbonyl (C=O) groups is 2. The Labute approximate surface area is 420 Å². The standard InChI is InChI=1S/C55H72ClN5O6S2/c1-43-38-52(24-19-47(43)39-44(25-28-58-34-36-67-37-35-58)42-68-51-12-8-7-9-13-51)69(65,66)57-55(64)46-17-22-50(23-18-46)61-32-30-60(31-33-61)41-48-40-59(27-11-6-4-2-3-5-10-14-54(62)63)29-26-53(48)45-15-20-49(56)21-16-45/h7-9,12-13,15-24,38,44H,2-6,10-11,14,25-37,39-42H2,1H3,(H,57,64)(H,62,63)/t44-/m0/s1. The third-order valence-corrected chi connectivity index (χ3v) is 16.7. The monoisotopic (exact) mass is 997 g/mol. The summed E-state index contributed by atoms with van der Waals surface area (Å²) in [6.45, 7) is 13.9. The number of amides is 1. The topological polar surface area (TPSA) is 123 Å². The van der Waals surface area contributed by atoms with Crippen LogP contribution in [0.4, 0.5) is 5.69 Å². The molecule has 0 spiro atoms. The lowest BCUT2D eigenvalue weighted by atomic mass is 9.92. The molecule has 2 fully saturated rings. The second-order valence-corrected chi connectivity index (χ2v) is 22.2. The van der Waals surface area contributed by atoms with Crippen LogP contribution in [-0.4, -0.2) is 131 Å². The average Bonchev–Trinajstić information content (AvgIpc) is 3.36. The van der Waals surface area contributed by atoms with E-state index in [1.54, 1.807) is 24.3 Å². The van der Waals surface area contributed by atoms with E-state index in [9.17, 15) is 18.0 Å². The number of carboxylic acid groups (broad SMARTS) is 1. The van der Waals surface area contributed by atoms with Crippen molar-refractivity contribution in [2.45, 2.75) is 87.3 Å². The van der Waals surface area contributed by atoms with Gasteiger partial charge >= 0.3 is 5.97 Å². The maximum atomic E-state index is 13.6. The highest BCUT2D eigenvalue weighted by Gasteiger charge is 2.26. The minimum absolute atomic E-state index is 0.0850. The minimum Gasteiger partial charge on any atom is -0.481 e. The Balaban J connectivity index is 0.891. The minimum atomic E-state index is -4.10. The third kappa shape index (κ3) is 16.7. The molecule has 0 saturated carbocycles. The number of hydrogen-bond acceptors (Lipinski definition) is 10. The Hall–Kier alpha value is -4.21. The van der Waals surface area contributed by atoms with Crippen LogP contribution in [0.15, 0.2) is 112 Å². The van der Waals surface area contributed by atoms with Crippen molar-refractivity contribution in [3.8, 4) is 0 Å².